The number of pyridine rings is 1. The molecule has 3 atom stereocenters. The third kappa shape index (κ3) is 4.75. The number of halogens is 12. The number of hydrogen-bond acceptors (Lipinski definition) is 3. The number of rotatable bonds is 6. The van der Waals surface area contributed by atoms with Crippen LogP contribution in [0, 0.1) is 0 Å². The van der Waals surface area contributed by atoms with Gasteiger partial charge in [-0.15, -0.1) is 0 Å². The zero-order valence-electron chi connectivity index (χ0n) is 17.7. The first kappa shape index (κ1) is 28.7. The van der Waals surface area contributed by atoms with Crippen LogP contribution in [0.25, 0.3) is 10.9 Å². The van der Waals surface area contributed by atoms with E-state index >= 15 is 4.39 Å². The molecule has 16 heteroatoms. The van der Waals surface area contributed by atoms with Crippen LogP contribution in [0.4, 0.5) is 48.3 Å². The predicted molar refractivity (Wildman–Crippen MR) is 110 cm³/mol. The Balaban J connectivity index is 2.18. The number of nitrogens with zero attached hydrogens (tertiary/aromatic N) is 1. The summed E-state index contributed by atoms with van der Waals surface area (Å²) in [6.07, 6.45) is -12.0. The summed E-state index contributed by atoms with van der Waals surface area (Å²) in [6, 6.07) is 3.32. The van der Waals surface area contributed by atoms with Gasteiger partial charge >= 0.3 is 24.9 Å². The Labute approximate surface area is 208 Å². The zero-order chi connectivity index (χ0) is 28.0. The molecule has 1 heterocycles. The van der Waals surface area contributed by atoms with E-state index in [1.165, 1.54) is 24.4 Å². The Morgan fingerprint density at radius 1 is 1.03 bits per heavy atom. The summed E-state index contributed by atoms with van der Waals surface area (Å²) < 4.78 is 151. The second kappa shape index (κ2) is 9.44. The first-order valence-electron chi connectivity index (χ1n) is 9.76. The topological polar surface area (TPSA) is 51.2 Å². The molecule has 3 unspecified atom stereocenters. The highest BCUT2D eigenvalue weighted by molar-refractivity contribution is 9.10. The van der Waals surface area contributed by atoms with E-state index in [2.05, 4.69) is 9.72 Å². The highest BCUT2D eigenvalue weighted by Crippen LogP contribution is 2.62. The van der Waals surface area contributed by atoms with Crippen LogP contribution in [0.3, 0.4) is 0 Å². The highest BCUT2D eigenvalue weighted by atomic mass is 79.9. The molecule has 0 fully saturated rings. The summed E-state index contributed by atoms with van der Waals surface area (Å²) in [7, 11) is 0. The standard InChI is InChI=1S/C21H12BrF11N2O2/c22-17(18(25,20(28,29)30)19(26,27)21(31,32)33)7-1-4-13(37-16(23)24)14(17)35-15(36)11-5-6-12-10(9-11)3-2-8-34-12/h1-9,14,16H,(H,35,36). The van der Waals surface area contributed by atoms with Crippen molar-refractivity contribution in [3.63, 3.8) is 0 Å². The monoisotopic (exact) mass is 612 g/mol. The molecular weight excluding hydrogens is 601 g/mol. The largest absolute Gasteiger partial charge is 0.457 e. The molecule has 0 radical (unpaired) electrons. The highest BCUT2D eigenvalue weighted by Gasteiger charge is 2.88. The van der Waals surface area contributed by atoms with Crippen LogP contribution in [0.5, 0.6) is 0 Å². The fourth-order valence-electron chi connectivity index (χ4n) is 3.64. The molecule has 1 N–H and O–H groups in total. The van der Waals surface area contributed by atoms with Gasteiger partial charge in [-0.25, -0.2) is 4.39 Å². The minimum absolute atomic E-state index is 0.103. The lowest BCUT2D eigenvalue weighted by atomic mass is 9.75. The summed E-state index contributed by atoms with van der Waals surface area (Å²) in [6.45, 7) is -3.84. The molecule has 1 aromatic carbocycles. The van der Waals surface area contributed by atoms with Crippen LogP contribution in [0.2, 0.25) is 0 Å². The fourth-order valence-corrected chi connectivity index (χ4v) is 4.61. The Kier molecular flexibility index (Phi) is 7.31. The van der Waals surface area contributed by atoms with E-state index in [1.54, 1.807) is 5.32 Å². The number of fused-ring (bicyclic) bond motifs is 1. The van der Waals surface area contributed by atoms with Crippen molar-refractivity contribution < 1.29 is 57.8 Å². The van der Waals surface area contributed by atoms with Gasteiger partial charge in [-0.3, -0.25) is 9.78 Å². The maximum absolute atomic E-state index is 15.5. The van der Waals surface area contributed by atoms with Crippen molar-refractivity contribution in [2.75, 3.05) is 0 Å². The Hall–Kier alpha value is -2.91. The second-order valence-electron chi connectivity index (χ2n) is 7.62. The Morgan fingerprint density at radius 2 is 1.68 bits per heavy atom. The molecule has 202 valence electrons. The van der Waals surface area contributed by atoms with E-state index in [-0.39, 0.29) is 6.08 Å². The van der Waals surface area contributed by atoms with E-state index in [1.807, 2.05) is 15.9 Å². The zero-order valence-corrected chi connectivity index (χ0v) is 19.2. The number of aromatic nitrogens is 1. The summed E-state index contributed by atoms with van der Waals surface area (Å²) in [5.41, 5.74) is -6.61. The lowest BCUT2D eigenvalue weighted by Gasteiger charge is -2.49. The lowest BCUT2D eigenvalue weighted by molar-refractivity contribution is -0.388. The number of hydrogen-bond donors (Lipinski definition) is 1. The van der Waals surface area contributed by atoms with Crippen LogP contribution in [-0.4, -0.2) is 51.8 Å². The number of alkyl halides is 12. The molecule has 1 aliphatic carbocycles. The van der Waals surface area contributed by atoms with Crippen molar-refractivity contribution in [1.29, 1.82) is 0 Å². The minimum atomic E-state index is -7.14. The smallest absolute Gasteiger partial charge is 0.437 e. The molecule has 0 saturated carbocycles. The number of carbonyl (C=O) groups is 1. The van der Waals surface area contributed by atoms with Gasteiger partial charge in [0.25, 0.3) is 11.6 Å². The average molecular weight is 613 g/mol. The van der Waals surface area contributed by atoms with Gasteiger partial charge in [0, 0.05) is 17.1 Å². The van der Waals surface area contributed by atoms with Crippen molar-refractivity contribution in [1.82, 2.24) is 10.3 Å². The van der Waals surface area contributed by atoms with Gasteiger partial charge in [0.05, 0.1) is 5.52 Å². The van der Waals surface area contributed by atoms with Gasteiger partial charge in [-0.2, -0.15) is 43.9 Å². The number of benzene rings is 1. The number of ether oxygens (including phenoxy) is 1. The first-order valence-corrected chi connectivity index (χ1v) is 10.5. The maximum atomic E-state index is 15.5. The van der Waals surface area contributed by atoms with Gasteiger partial charge in [0.1, 0.15) is 16.1 Å². The average Bonchev–Trinajstić information content (AvgIpc) is 2.78. The number of carbonyl (C=O) groups excluding carboxylic acids is 1. The van der Waals surface area contributed by atoms with Crippen LogP contribution < -0.4 is 5.32 Å². The summed E-state index contributed by atoms with van der Waals surface area (Å²) in [4.78, 5) is 16.8. The molecule has 1 amide bonds. The number of allylic oxidation sites excluding steroid dienone is 2. The van der Waals surface area contributed by atoms with Crippen molar-refractivity contribution in [3.8, 4) is 0 Å². The van der Waals surface area contributed by atoms with E-state index < -0.39 is 58.2 Å². The van der Waals surface area contributed by atoms with Crippen LogP contribution in [-0.2, 0) is 4.74 Å². The first-order chi connectivity index (χ1) is 16.9. The molecule has 1 aliphatic rings. The number of nitrogens with one attached hydrogen (secondary N) is 1. The SMILES string of the molecule is O=C(NC1C(OC(F)F)=CC=CC1(Br)C(F)(C(F)(F)F)C(F)(F)C(F)(F)F)c1ccc2ncccc2c1. The second-order valence-corrected chi connectivity index (χ2v) is 8.93. The molecule has 4 nitrogen and oxygen atoms in total. The van der Waals surface area contributed by atoms with Gasteiger partial charge in [-0.1, -0.05) is 34.1 Å². The van der Waals surface area contributed by atoms with Gasteiger partial charge in [0.2, 0.25) is 0 Å². The van der Waals surface area contributed by atoms with Crippen molar-refractivity contribution in [3.05, 3.63) is 66.1 Å². The lowest BCUT2D eigenvalue weighted by Crippen LogP contribution is -2.75. The maximum Gasteiger partial charge on any atom is 0.457 e. The number of amides is 1. The summed E-state index contributed by atoms with van der Waals surface area (Å²) >= 11 is 1.97. The van der Waals surface area contributed by atoms with Crippen LogP contribution in [0.15, 0.2) is 60.5 Å². The van der Waals surface area contributed by atoms with Gasteiger partial charge in [0.15, 0.2) is 0 Å². The molecule has 1 aromatic heterocycles. The summed E-state index contributed by atoms with van der Waals surface area (Å²) in [5.74, 6) is -10.0. The quantitative estimate of drug-likeness (QED) is 0.294. The Bertz CT molecular complexity index is 1240. The summed E-state index contributed by atoms with van der Waals surface area (Å²) in [5, 5.41) is 1.92. The van der Waals surface area contributed by atoms with Crippen molar-refractivity contribution in [2.45, 2.75) is 40.9 Å². The third-order valence-electron chi connectivity index (χ3n) is 5.38. The Morgan fingerprint density at radius 3 is 2.24 bits per heavy atom. The molecule has 3 rings (SSSR count). The van der Waals surface area contributed by atoms with E-state index in [9.17, 15) is 48.7 Å². The predicted octanol–water partition coefficient (Wildman–Crippen LogP) is 6.63. The molecular formula is C21H12BrF11N2O2. The van der Waals surface area contributed by atoms with E-state index in [0.29, 0.717) is 23.1 Å². The molecule has 2 aromatic rings. The van der Waals surface area contributed by atoms with Gasteiger partial charge < -0.3 is 10.1 Å². The normalized spacial score (nSPS) is 22.5. The molecule has 0 aliphatic heterocycles. The van der Waals surface area contributed by atoms with Gasteiger partial charge in [-0.05, 0) is 30.3 Å². The van der Waals surface area contributed by atoms with E-state index in [0.717, 1.165) is 12.1 Å². The van der Waals surface area contributed by atoms with Crippen LogP contribution >= 0.6 is 15.9 Å². The molecule has 37 heavy (non-hydrogen) atoms. The molecule has 0 saturated heterocycles. The van der Waals surface area contributed by atoms with Crippen molar-refractivity contribution >= 4 is 32.7 Å². The third-order valence-corrected chi connectivity index (χ3v) is 6.65. The molecule has 0 bridgehead atoms. The fraction of sp³-hybridized carbons (Fsp3) is 0.333. The van der Waals surface area contributed by atoms with Crippen molar-refractivity contribution in [2.24, 2.45) is 0 Å². The minimum Gasteiger partial charge on any atom is -0.437 e. The van der Waals surface area contributed by atoms with Crippen LogP contribution in [0.1, 0.15) is 10.4 Å². The van der Waals surface area contributed by atoms with E-state index in [4.69, 9.17) is 0 Å². The molecule has 0 spiro atoms.